The molecule has 1 amide bonds. The molecule has 0 aromatic carbocycles. The summed E-state index contributed by atoms with van der Waals surface area (Å²) >= 11 is 0. The molecule has 0 aliphatic heterocycles. The van der Waals surface area contributed by atoms with Crippen molar-refractivity contribution in [1.29, 1.82) is 0 Å². The molecule has 2 aromatic heterocycles. The van der Waals surface area contributed by atoms with Gasteiger partial charge in [-0.1, -0.05) is 0 Å². The Labute approximate surface area is 145 Å². The maximum atomic E-state index is 12.2. The van der Waals surface area contributed by atoms with E-state index < -0.39 is 0 Å². The average molecular weight is 343 g/mol. The van der Waals surface area contributed by atoms with Crippen molar-refractivity contribution < 1.29 is 14.6 Å². The third-order valence-electron chi connectivity index (χ3n) is 4.21. The molecule has 3 rings (SSSR count). The molecule has 0 atom stereocenters. The van der Waals surface area contributed by atoms with Gasteiger partial charge in [-0.3, -0.25) is 4.79 Å². The number of ether oxygens (including phenoxy) is 1. The second kappa shape index (κ2) is 7.89. The average Bonchev–Trinajstić information content (AvgIpc) is 2.62. The van der Waals surface area contributed by atoms with Gasteiger partial charge in [0, 0.05) is 42.5 Å². The van der Waals surface area contributed by atoms with E-state index in [4.69, 9.17) is 9.84 Å². The van der Waals surface area contributed by atoms with Crippen molar-refractivity contribution in [3.8, 4) is 5.88 Å². The number of anilines is 1. The summed E-state index contributed by atoms with van der Waals surface area (Å²) in [5, 5.41) is 14.9. The summed E-state index contributed by atoms with van der Waals surface area (Å²) in [6, 6.07) is 5.39. The van der Waals surface area contributed by atoms with Crippen molar-refractivity contribution in [2.24, 2.45) is 0 Å². The Morgan fingerprint density at radius 2 is 2.16 bits per heavy atom. The van der Waals surface area contributed by atoms with Crippen LogP contribution in [0.3, 0.4) is 0 Å². The number of aliphatic hydroxyl groups is 1. The minimum atomic E-state index is -0.133. The number of hydrogen-bond acceptors (Lipinski definition) is 7. The van der Waals surface area contributed by atoms with E-state index in [2.05, 4.69) is 25.6 Å². The number of pyridine rings is 1. The number of methoxy groups -OCH3 is 1. The molecule has 3 N–H and O–H groups in total. The highest BCUT2D eigenvalue weighted by Crippen LogP contribution is 2.36. The van der Waals surface area contributed by atoms with Crippen molar-refractivity contribution in [3.05, 3.63) is 42.0 Å². The molecule has 2 aromatic rings. The first kappa shape index (κ1) is 17.1. The van der Waals surface area contributed by atoms with Crippen molar-refractivity contribution in [2.45, 2.75) is 24.8 Å². The van der Waals surface area contributed by atoms with Gasteiger partial charge in [-0.25, -0.2) is 15.0 Å². The van der Waals surface area contributed by atoms with Crippen LogP contribution in [0.5, 0.6) is 5.88 Å². The second-order valence-electron chi connectivity index (χ2n) is 5.91. The molecule has 1 saturated carbocycles. The zero-order valence-corrected chi connectivity index (χ0v) is 14.0. The molecule has 8 nitrogen and oxygen atoms in total. The highest BCUT2D eigenvalue weighted by molar-refractivity contribution is 5.94. The lowest BCUT2D eigenvalue weighted by Crippen LogP contribution is -2.43. The summed E-state index contributed by atoms with van der Waals surface area (Å²) in [6.07, 6.45) is 4.70. The van der Waals surface area contributed by atoms with Gasteiger partial charge in [0.1, 0.15) is 12.1 Å². The Bertz CT molecular complexity index is 716. The Hall–Kier alpha value is -2.74. The van der Waals surface area contributed by atoms with Crippen molar-refractivity contribution >= 4 is 11.7 Å². The number of hydrogen-bond donors (Lipinski definition) is 3. The zero-order valence-electron chi connectivity index (χ0n) is 14.0. The fraction of sp³-hybridized carbons (Fsp3) is 0.412. The maximum absolute atomic E-state index is 12.2. The highest BCUT2D eigenvalue weighted by Gasteiger charge is 2.32. The maximum Gasteiger partial charge on any atom is 0.253 e. The van der Waals surface area contributed by atoms with Gasteiger partial charge in [0.15, 0.2) is 0 Å². The van der Waals surface area contributed by atoms with Crippen molar-refractivity contribution in [3.63, 3.8) is 0 Å². The van der Waals surface area contributed by atoms with Gasteiger partial charge >= 0.3 is 0 Å². The lowest BCUT2D eigenvalue weighted by Gasteiger charge is -2.35. The molecule has 0 saturated heterocycles. The van der Waals surface area contributed by atoms with Crippen LogP contribution in [0.1, 0.15) is 34.8 Å². The van der Waals surface area contributed by atoms with E-state index in [-0.39, 0.29) is 18.6 Å². The smallest absolute Gasteiger partial charge is 0.253 e. The molecule has 1 aliphatic rings. The topological polar surface area (TPSA) is 109 Å². The fourth-order valence-corrected chi connectivity index (χ4v) is 2.76. The normalized spacial score (nSPS) is 19.0. The molecule has 0 radical (unpaired) electrons. The van der Waals surface area contributed by atoms with Crippen molar-refractivity contribution in [2.75, 3.05) is 25.6 Å². The molecule has 1 aliphatic carbocycles. The van der Waals surface area contributed by atoms with Gasteiger partial charge in [0.05, 0.1) is 19.3 Å². The van der Waals surface area contributed by atoms with Crippen LogP contribution in [0.4, 0.5) is 5.82 Å². The Kier molecular flexibility index (Phi) is 5.39. The van der Waals surface area contributed by atoms with Crippen LogP contribution in [-0.2, 0) is 0 Å². The summed E-state index contributed by atoms with van der Waals surface area (Å²) in [5.41, 5.74) is 1.47. The van der Waals surface area contributed by atoms with Gasteiger partial charge in [0.25, 0.3) is 5.91 Å². The molecule has 1 fully saturated rings. The fourth-order valence-electron chi connectivity index (χ4n) is 2.76. The molecule has 0 unspecified atom stereocenters. The molecular formula is C17H21N5O3. The summed E-state index contributed by atoms with van der Waals surface area (Å²) in [4.78, 5) is 24.7. The van der Waals surface area contributed by atoms with Crippen LogP contribution in [0.2, 0.25) is 0 Å². The first-order valence-electron chi connectivity index (χ1n) is 8.17. The number of nitrogens with one attached hydrogen (secondary N) is 2. The summed E-state index contributed by atoms with van der Waals surface area (Å²) in [6.45, 7) is 0.507. The minimum Gasteiger partial charge on any atom is -0.481 e. The number of rotatable bonds is 7. The first-order valence-corrected chi connectivity index (χ1v) is 8.17. The Morgan fingerprint density at radius 1 is 1.32 bits per heavy atom. The number of nitrogens with zero attached hydrogens (tertiary/aromatic N) is 3. The lowest BCUT2D eigenvalue weighted by atomic mass is 9.78. The number of aliphatic hydroxyl groups excluding tert-OH is 1. The van der Waals surface area contributed by atoms with Gasteiger partial charge < -0.3 is 20.5 Å². The third kappa shape index (κ3) is 4.21. The first-order chi connectivity index (χ1) is 12.2. The molecule has 25 heavy (non-hydrogen) atoms. The zero-order chi connectivity index (χ0) is 17.6. The predicted octanol–water partition coefficient (Wildman–Crippen LogP) is 0.960. The van der Waals surface area contributed by atoms with Gasteiger partial charge in [-0.15, -0.1) is 0 Å². The predicted molar refractivity (Wildman–Crippen MR) is 91.6 cm³/mol. The van der Waals surface area contributed by atoms with Crippen LogP contribution in [-0.4, -0.2) is 52.3 Å². The molecule has 8 heteroatoms. The quantitative estimate of drug-likeness (QED) is 0.687. The lowest BCUT2D eigenvalue weighted by molar-refractivity contribution is 0.0907. The van der Waals surface area contributed by atoms with Crippen LogP contribution in [0.15, 0.2) is 30.7 Å². The van der Waals surface area contributed by atoms with E-state index in [9.17, 15) is 4.79 Å². The molecule has 0 bridgehead atoms. The van der Waals surface area contributed by atoms with E-state index in [0.29, 0.717) is 29.7 Å². The highest BCUT2D eigenvalue weighted by atomic mass is 16.5. The van der Waals surface area contributed by atoms with Gasteiger partial charge in [0.2, 0.25) is 5.88 Å². The molecule has 132 valence electrons. The molecule has 0 spiro atoms. The van der Waals surface area contributed by atoms with E-state index in [1.807, 2.05) is 6.07 Å². The minimum absolute atomic E-state index is 0.0527. The van der Waals surface area contributed by atoms with Gasteiger partial charge in [-0.05, 0) is 18.9 Å². The second-order valence-corrected chi connectivity index (χ2v) is 5.91. The summed E-state index contributed by atoms with van der Waals surface area (Å²) in [7, 11) is 1.54. The molecular weight excluding hydrogens is 322 g/mol. The summed E-state index contributed by atoms with van der Waals surface area (Å²) < 4.78 is 4.99. The SMILES string of the molecule is COc1ccc(C(=O)NC2CC(c3cc(NCCO)ncn3)C2)cn1. The van der Waals surface area contributed by atoms with Crippen molar-refractivity contribution in [1.82, 2.24) is 20.3 Å². The number of carbonyl (C=O) groups is 1. The largest absolute Gasteiger partial charge is 0.481 e. The van der Waals surface area contributed by atoms with Crippen LogP contribution < -0.4 is 15.4 Å². The number of aromatic nitrogens is 3. The Morgan fingerprint density at radius 3 is 2.84 bits per heavy atom. The monoisotopic (exact) mass is 343 g/mol. The number of carbonyl (C=O) groups excluding carboxylic acids is 1. The van der Waals surface area contributed by atoms with E-state index in [1.54, 1.807) is 12.1 Å². The van der Waals surface area contributed by atoms with Crippen LogP contribution in [0.25, 0.3) is 0 Å². The Balaban J connectivity index is 1.51. The third-order valence-corrected chi connectivity index (χ3v) is 4.21. The van der Waals surface area contributed by atoms with E-state index in [1.165, 1.54) is 19.6 Å². The van der Waals surface area contributed by atoms with Crippen LogP contribution >= 0.6 is 0 Å². The molecule has 2 heterocycles. The van der Waals surface area contributed by atoms with Gasteiger partial charge in [-0.2, -0.15) is 0 Å². The standard InChI is InChI=1S/C17H21N5O3/c1-25-16-3-2-11(9-19-16)17(24)22-13-6-12(7-13)14-8-15(18-4-5-23)21-10-20-14/h2-3,8-10,12-13,23H,4-7H2,1H3,(H,22,24)(H,18,20,21). The van der Waals surface area contributed by atoms with E-state index in [0.717, 1.165) is 18.5 Å². The summed E-state index contributed by atoms with van der Waals surface area (Å²) in [5.74, 6) is 1.36. The van der Waals surface area contributed by atoms with Crippen LogP contribution in [0, 0.1) is 0 Å². The van der Waals surface area contributed by atoms with E-state index >= 15 is 0 Å². The number of amides is 1.